The first-order chi connectivity index (χ1) is 7.99. The smallest absolute Gasteiger partial charge is 0.303 e. The fourth-order valence-electron chi connectivity index (χ4n) is 2.24. The summed E-state index contributed by atoms with van der Waals surface area (Å²) in [7, 11) is 0. The molecule has 2 rings (SSSR count). The van der Waals surface area contributed by atoms with Gasteiger partial charge in [0.15, 0.2) is 0 Å². The predicted octanol–water partition coefficient (Wildman–Crippen LogP) is 3.86. The normalized spacial score (nSPS) is 16.9. The lowest BCUT2D eigenvalue weighted by Gasteiger charge is -2.17. The quantitative estimate of drug-likeness (QED) is 0.916. The molecule has 1 fully saturated rings. The molecule has 1 unspecified atom stereocenters. The average Bonchev–Trinajstić information content (AvgIpc) is 3.03. The number of hydrogen-bond donors (Lipinski definition) is 1. The van der Waals surface area contributed by atoms with E-state index in [0.29, 0.717) is 17.0 Å². The number of aryl methyl sites for hydroxylation is 1. The Morgan fingerprint density at radius 1 is 1.59 bits per heavy atom. The summed E-state index contributed by atoms with van der Waals surface area (Å²) >= 11 is 3.34. The Balaban J connectivity index is 2.38. The average molecular weight is 301 g/mol. The molecule has 0 spiro atoms. The third kappa shape index (κ3) is 2.86. The molecule has 2 nitrogen and oxygen atoms in total. The van der Waals surface area contributed by atoms with Crippen LogP contribution in [0.3, 0.4) is 0 Å². The molecule has 0 saturated heterocycles. The highest BCUT2D eigenvalue weighted by atomic mass is 79.9. The number of benzene rings is 1. The van der Waals surface area contributed by atoms with Gasteiger partial charge in [0.2, 0.25) is 0 Å². The van der Waals surface area contributed by atoms with Crippen LogP contribution in [0.2, 0.25) is 0 Å². The number of halogens is 2. The van der Waals surface area contributed by atoms with Crippen LogP contribution < -0.4 is 0 Å². The maximum Gasteiger partial charge on any atom is 0.303 e. The van der Waals surface area contributed by atoms with Crippen molar-refractivity contribution in [3.63, 3.8) is 0 Å². The standard InChI is InChI=1S/C13H14BrFO2/c1-7-4-9(14)5-11(13(7)15)10(6-12(16)17)8-2-3-8/h4-5,8,10H,2-3,6H2,1H3,(H,16,17). The van der Waals surface area contributed by atoms with Gasteiger partial charge in [0.25, 0.3) is 0 Å². The van der Waals surface area contributed by atoms with Gasteiger partial charge in [-0.2, -0.15) is 0 Å². The van der Waals surface area contributed by atoms with Gasteiger partial charge < -0.3 is 5.11 Å². The monoisotopic (exact) mass is 300 g/mol. The van der Waals surface area contributed by atoms with E-state index >= 15 is 0 Å². The van der Waals surface area contributed by atoms with Crippen LogP contribution in [0.25, 0.3) is 0 Å². The topological polar surface area (TPSA) is 37.3 Å². The van der Waals surface area contributed by atoms with Crippen LogP contribution in [0.4, 0.5) is 4.39 Å². The Labute approximate surface area is 108 Å². The minimum Gasteiger partial charge on any atom is -0.481 e. The second-order valence-electron chi connectivity index (χ2n) is 4.67. The van der Waals surface area contributed by atoms with E-state index in [1.165, 1.54) is 0 Å². The molecule has 1 saturated carbocycles. The Bertz CT molecular complexity index is 455. The summed E-state index contributed by atoms with van der Waals surface area (Å²) in [6.07, 6.45) is 2.02. The molecule has 0 heterocycles. The molecule has 0 amide bonds. The van der Waals surface area contributed by atoms with Crippen LogP contribution in [0, 0.1) is 18.7 Å². The van der Waals surface area contributed by atoms with Crippen molar-refractivity contribution in [3.8, 4) is 0 Å². The summed E-state index contributed by atoms with van der Waals surface area (Å²) in [6.45, 7) is 1.70. The van der Waals surface area contributed by atoms with Crippen molar-refractivity contribution in [2.45, 2.75) is 32.1 Å². The van der Waals surface area contributed by atoms with E-state index in [0.717, 1.165) is 17.3 Å². The highest BCUT2D eigenvalue weighted by Gasteiger charge is 2.35. The molecule has 0 aliphatic heterocycles. The van der Waals surface area contributed by atoms with E-state index in [2.05, 4.69) is 15.9 Å². The fourth-order valence-corrected chi connectivity index (χ4v) is 2.83. The van der Waals surface area contributed by atoms with Crippen LogP contribution in [0.1, 0.15) is 36.3 Å². The molecule has 1 aromatic carbocycles. The van der Waals surface area contributed by atoms with E-state index < -0.39 is 5.97 Å². The number of hydrogen-bond acceptors (Lipinski definition) is 1. The largest absolute Gasteiger partial charge is 0.481 e. The van der Waals surface area contributed by atoms with Gasteiger partial charge in [-0.1, -0.05) is 15.9 Å². The van der Waals surface area contributed by atoms with Crippen molar-refractivity contribution in [3.05, 3.63) is 33.5 Å². The van der Waals surface area contributed by atoms with Crippen molar-refractivity contribution >= 4 is 21.9 Å². The molecule has 1 N–H and O–H groups in total. The van der Waals surface area contributed by atoms with E-state index in [9.17, 15) is 9.18 Å². The van der Waals surface area contributed by atoms with Crippen molar-refractivity contribution in [1.29, 1.82) is 0 Å². The second kappa shape index (κ2) is 4.77. The van der Waals surface area contributed by atoms with E-state index in [4.69, 9.17) is 5.11 Å². The van der Waals surface area contributed by atoms with Crippen molar-refractivity contribution in [2.75, 3.05) is 0 Å². The highest BCUT2D eigenvalue weighted by Crippen LogP contribution is 2.46. The van der Waals surface area contributed by atoms with Gasteiger partial charge in [0.1, 0.15) is 5.82 Å². The molecule has 1 aliphatic rings. The minimum atomic E-state index is -0.862. The number of rotatable bonds is 4. The van der Waals surface area contributed by atoms with E-state index in [1.54, 1.807) is 19.1 Å². The first-order valence-electron chi connectivity index (χ1n) is 5.66. The summed E-state index contributed by atoms with van der Waals surface area (Å²) < 4.78 is 14.9. The van der Waals surface area contributed by atoms with Gasteiger partial charge >= 0.3 is 5.97 Å². The lowest BCUT2D eigenvalue weighted by atomic mass is 9.89. The van der Waals surface area contributed by atoms with E-state index in [1.807, 2.05) is 0 Å². The first kappa shape index (κ1) is 12.6. The molecule has 1 atom stereocenters. The minimum absolute atomic E-state index is 0.0114. The van der Waals surface area contributed by atoms with Gasteiger partial charge in [-0.3, -0.25) is 4.79 Å². The van der Waals surface area contributed by atoms with Crippen LogP contribution in [0.5, 0.6) is 0 Å². The lowest BCUT2D eigenvalue weighted by Crippen LogP contribution is -2.11. The fraction of sp³-hybridized carbons (Fsp3) is 0.462. The molecule has 92 valence electrons. The van der Waals surface area contributed by atoms with Gasteiger partial charge in [-0.15, -0.1) is 0 Å². The SMILES string of the molecule is Cc1cc(Br)cc(C(CC(=O)O)C2CC2)c1F. The number of aliphatic carboxylic acids is 1. The van der Waals surface area contributed by atoms with Crippen LogP contribution in [-0.2, 0) is 4.79 Å². The Kier molecular flexibility index (Phi) is 3.52. The summed E-state index contributed by atoms with van der Waals surface area (Å²) in [5.74, 6) is -0.983. The molecule has 0 aromatic heterocycles. The molecule has 0 bridgehead atoms. The second-order valence-corrected chi connectivity index (χ2v) is 5.58. The molecular weight excluding hydrogens is 287 g/mol. The van der Waals surface area contributed by atoms with Crippen LogP contribution in [0.15, 0.2) is 16.6 Å². The van der Waals surface area contributed by atoms with Gasteiger partial charge in [0.05, 0.1) is 6.42 Å². The predicted molar refractivity (Wildman–Crippen MR) is 66.6 cm³/mol. The Morgan fingerprint density at radius 3 is 2.76 bits per heavy atom. The van der Waals surface area contributed by atoms with Crippen LogP contribution in [-0.4, -0.2) is 11.1 Å². The molecule has 1 aromatic rings. The Hall–Kier alpha value is -0.900. The number of carboxylic acids is 1. The Morgan fingerprint density at radius 2 is 2.24 bits per heavy atom. The zero-order valence-electron chi connectivity index (χ0n) is 9.54. The van der Waals surface area contributed by atoms with Gasteiger partial charge in [-0.05, 0) is 48.9 Å². The maximum atomic E-state index is 14.1. The van der Waals surface area contributed by atoms with Crippen molar-refractivity contribution < 1.29 is 14.3 Å². The van der Waals surface area contributed by atoms with Crippen LogP contribution >= 0.6 is 15.9 Å². The summed E-state index contributed by atoms with van der Waals surface area (Å²) in [5, 5.41) is 8.92. The molecule has 0 radical (unpaired) electrons. The zero-order chi connectivity index (χ0) is 12.6. The molecule has 17 heavy (non-hydrogen) atoms. The van der Waals surface area contributed by atoms with Gasteiger partial charge in [-0.25, -0.2) is 4.39 Å². The number of carboxylic acid groups (broad SMARTS) is 1. The van der Waals surface area contributed by atoms with Gasteiger partial charge in [0, 0.05) is 10.4 Å². The van der Waals surface area contributed by atoms with Crippen molar-refractivity contribution in [2.24, 2.45) is 5.92 Å². The van der Waals surface area contributed by atoms with Crippen molar-refractivity contribution in [1.82, 2.24) is 0 Å². The number of carbonyl (C=O) groups is 1. The zero-order valence-corrected chi connectivity index (χ0v) is 11.1. The third-order valence-corrected chi connectivity index (χ3v) is 3.69. The van der Waals surface area contributed by atoms with E-state index in [-0.39, 0.29) is 18.2 Å². The highest BCUT2D eigenvalue weighted by molar-refractivity contribution is 9.10. The third-order valence-electron chi connectivity index (χ3n) is 3.23. The molecule has 4 heteroatoms. The molecular formula is C13H14BrFO2. The maximum absolute atomic E-state index is 14.1. The summed E-state index contributed by atoms with van der Waals surface area (Å²) in [6, 6.07) is 3.43. The lowest BCUT2D eigenvalue weighted by molar-refractivity contribution is -0.137. The molecule has 1 aliphatic carbocycles. The first-order valence-corrected chi connectivity index (χ1v) is 6.45. The summed E-state index contributed by atoms with van der Waals surface area (Å²) in [4.78, 5) is 10.9. The summed E-state index contributed by atoms with van der Waals surface area (Å²) in [5.41, 5.74) is 1.10.